The number of hydrogen-bond acceptors (Lipinski definition) is 9. The van der Waals surface area contributed by atoms with E-state index < -0.39 is 67.2 Å². The fraction of sp³-hybridized carbons (Fsp3) is 0.700. The predicted molar refractivity (Wildman–Crippen MR) is 124 cm³/mol. The fourth-order valence-corrected chi connectivity index (χ4v) is 2.84. The van der Waals surface area contributed by atoms with Crippen LogP contribution < -0.4 is 21.7 Å². The minimum absolute atomic E-state index is 0.0427. The van der Waals surface area contributed by atoms with E-state index in [1.165, 1.54) is 11.8 Å². The molecule has 1 fully saturated rings. The van der Waals surface area contributed by atoms with Gasteiger partial charge in [-0.15, -0.1) is 0 Å². The summed E-state index contributed by atoms with van der Waals surface area (Å²) in [5.74, 6) is -4.54. The third kappa shape index (κ3) is 13.9. The van der Waals surface area contributed by atoms with E-state index in [0.717, 1.165) is 0 Å². The lowest BCUT2D eigenvalue weighted by Gasteiger charge is -2.38. The van der Waals surface area contributed by atoms with Crippen LogP contribution in [-0.2, 0) is 23.9 Å². The first-order valence-corrected chi connectivity index (χ1v) is 11.3. The average Bonchev–Trinajstić information content (AvgIpc) is 2.80. The molecule has 0 aromatic carbocycles. The fourth-order valence-electron chi connectivity index (χ4n) is 2.84. The molecule has 0 radical (unpaired) electrons. The van der Waals surface area contributed by atoms with Gasteiger partial charge in [0.1, 0.15) is 24.9 Å². The second kappa shape index (κ2) is 16.0. The Morgan fingerprint density at radius 1 is 1.05 bits per heavy atom. The van der Waals surface area contributed by atoms with E-state index >= 15 is 0 Å². The van der Waals surface area contributed by atoms with Crippen molar-refractivity contribution in [3.63, 3.8) is 0 Å². The number of carbonyl (C=O) groups is 5. The largest absolute Gasteiger partial charge is 0.505 e. The summed E-state index contributed by atoms with van der Waals surface area (Å²) in [5.41, 5.74) is 5.42. The zero-order valence-electron chi connectivity index (χ0n) is 21.3. The van der Waals surface area contributed by atoms with Crippen molar-refractivity contribution in [2.24, 2.45) is 11.7 Å². The molecular weight excluding hydrogens is 541 g/mol. The number of piperidine rings is 1. The van der Waals surface area contributed by atoms with Crippen molar-refractivity contribution in [2.45, 2.75) is 64.1 Å². The molecule has 0 spiro atoms. The van der Waals surface area contributed by atoms with Crippen LogP contribution in [0.15, 0.2) is 0 Å². The topological polar surface area (TPSA) is 254 Å². The van der Waals surface area contributed by atoms with Crippen molar-refractivity contribution in [3.05, 3.63) is 0 Å². The molecule has 0 aliphatic carbocycles. The van der Waals surface area contributed by atoms with Gasteiger partial charge in [0.05, 0.1) is 12.6 Å². The molecule has 0 bridgehead atoms. The number of aliphatic hydroxyl groups is 1. The Morgan fingerprint density at radius 3 is 2.08 bits per heavy atom. The maximum Gasteiger partial charge on any atom is 0.505 e. The molecule has 0 aromatic heterocycles. The SMILES string of the molecule is CC(C)COC(=O)N[C@H](COC(=O)O)C(=O)N[C@@H](C)C(=O)N[C@H]1CCCN(C(=N)N)C1O.O=C(O)C(F)(F)F. The van der Waals surface area contributed by atoms with E-state index in [4.69, 9.17) is 30.9 Å². The van der Waals surface area contributed by atoms with Crippen LogP contribution in [0.1, 0.15) is 33.6 Å². The summed E-state index contributed by atoms with van der Waals surface area (Å²) < 4.78 is 41.0. The Morgan fingerprint density at radius 2 is 1.62 bits per heavy atom. The molecule has 16 nitrogen and oxygen atoms in total. The van der Waals surface area contributed by atoms with Gasteiger partial charge in [0.15, 0.2) is 5.96 Å². The highest BCUT2D eigenvalue weighted by atomic mass is 19.4. The summed E-state index contributed by atoms with van der Waals surface area (Å²) in [6.45, 7) is 4.76. The normalized spacial score (nSPS) is 18.4. The molecule has 224 valence electrons. The molecule has 9 N–H and O–H groups in total. The summed E-state index contributed by atoms with van der Waals surface area (Å²) in [5, 5.41) is 40.7. The minimum Gasteiger partial charge on any atom is -0.475 e. The van der Waals surface area contributed by atoms with Crippen LogP contribution in [-0.4, -0.2) is 106 Å². The first kappa shape index (κ1) is 35.0. The number of alkyl carbamates (subject to hydrolysis) is 1. The number of ether oxygens (including phenoxy) is 2. The molecule has 3 amide bonds. The van der Waals surface area contributed by atoms with Gasteiger partial charge in [-0.25, -0.2) is 14.4 Å². The molecule has 4 atom stereocenters. The summed E-state index contributed by atoms with van der Waals surface area (Å²) in [4.78, 5) is 57.6. The van der Waals surface area contributed by atoms with Crippen molar-refractivity contribution in [1.82, 2.24) is 20.9 Å². The number of rotatable bonds is 9. The Kier molecular flexibility index (Phi) is 14.4. The number of halogens is 3. The Labute approximate surface area is 220 Å². The highest BCUT2D eigenvalue weighted by molar-refractivity contribution is 5.91. The van der Waals surface area contributed by atoms with Gasteiger partial charge in [-0.2, -0.15) is 13.2 Å². The summed E-state index contributed by atoms with van der Waals surface area (Å²) in [6.07, 6.45) is -7.84. The van der Waals surface area contributed by atoms with E-state index in [1.54, 1.807) is 0 Å². The second-order valence-electron chi connectivity index (χ2n) is 8.55. The molecule has 0 aromatic rings. The van der Waals surface area contributed by atoms with Gasteiger partial charge >= 0.3 is 24.4 Å². The van der Waals surface area contributed by atoms with E-state index in [1.807, 2.05) is 13.8 Å². The summed E-state index contributed by atoms with van der Waals surface area (Å²) in [7, 11) is 0. The number of hydrogen-bond donors (Lipinski definition) is 8. The average molecular weight is 575 g/mol. The molecule has 1 unspecified atom stereocenters. The summed E-state index contributed by atoms with van der Waals surface area (Å²) >= 11 is 0. The van der Waals surface area contributed by atoms with Gasteiger partial charge < -0.3 is 51.4 Å². The Balaban J connectivity index is 0.00000181. The van der Waals surface area contributed by atoms with Gasteiger partial charge in [0.25, 0.3) is 0 Å². The number of aliphatic carboxylic acids is 1. The number of guanidine groups is 1. The van der Waals surface area contributed by atoms with Crippen molar-refractivity contribution < 1.29 is 61.9 Å². The highest BCUT2D eigenvalue weighted by Crippen LogP contribution is 2.15. The lowest BCUT2D eigenvalue weighted by atomic mass is 10.0. The zero-order chi connectivity index (χ0) is 30.5. The number of alkyl halides is 3. The minimum atomic E-state index is -5.08. The van der Waals surface area contributed by atoms with Crippen LogP contribution in [0.4, 0.5) is 22.8 Å². The quantitative estimate of drug-likeness (QED) is 0.0972. The number of carbonyl (C=O) groups excluding carboxylic acids is 3. The number of amides is 3. The van der Waals surface area contributed by atoms with Crippen molar-refractivity contribution in [2.75, 3.05) is 19.8 Å². The van der Waals surface area contributed by atoms with Crippen molar-refractivity contribution in [3.8, 4) is 0 Å². The maximum absolute atomic E-state index is 12.5. The molecule has 0 saturated carbocycles. The molecule has 1 rings (SSSR count). The molecular formula is C20H33F3N6O10. The smallest absolute Gasteiger partial charge is 0.475 e. The molecule has 39 heavy (non-hydrogen) atoms. The lowest BCUT2D eigenvalue weighted by Crippen LogP contribution is -2.61. The molecule has 1 aliphatic rings. The standard InChI is InChI=1S/C18H32N6O8.C2HF3O2/c1-9(2)7-31-17(28)23-12(8-32-18(29)30)14(26)21-10(3)13(25)22-11-5-4-6-24(15(11)27)16(19)20;3-2(4,5)1(6)7/h9-12,15,27H,4-8H2,1-3H3,(H3,19,20)(H,21,26)(H,22,25)(H,23,28)(H,29,30);(H,6,7)/t10-,11-,12+,15?;/m0./s1. The van der Waals surface area contributed by atoms with Gasteiger partial charge in [-0.05, 0) is 25.7 Å². The number of aliphatic hydroxyl groups excluding tert-OH is 1. The number of nitrogens with zero attached hydrogens (tertiary/aromatic N) is 1. The Bertz CT molecular complexity index is 889. The third-order valence-electron chi connectivity index (χ3n) is 4.75. The van der Waals surface area contributed by atoms with Crippen molar-refractivity contribution >= 4 is 36.0 Å². The Hall–Kier alpha value is -4.03. The maximum atomic E-state index is 12.5. The van der Waals surface area contributed by atoms with Gasteiger partial charge in [-0.1, -0.05) is 13.8 Å². The summed E-state index contributed by atoms with van der Waals surface area (Å²) in [6, 6.07) is -3.24. The molecule has 1 aliphatic heterocycles. The number of nitrogens with one attached hydrogen (secondary N) is 4. The second-order valence-corrected chi connectivity index (χ2v) is 8.55. The number of carboxylic acid groups (broad SMARTS) is 2. The van der Waals surface area contributed by atoms with Crippen LogP contribution >= 0.6 is 0 Å². The van der Waals surface area contributed by atoms with Crippen molar-refractivity contribution in [1.29, 1.82) is 5.41 Å². The third-order valence-corrected chi connectivity index (χ3v) is 4.75. The first-order valence-electron chi connectivity index (χ1n) is 11.3. The van der Waals surface area contributed by atoms with Gasteiger partial charge in [0.2, 0.25) is 11.8 Å². The zero-order valence-corrected chi connectivity index (χ0v) is 21.3. The van der Waals surface area contributed by atoms with Gasteiger partial charge in [-0.3, -0.25) is 15.0 Å². The van der Waals surface area contributed by atoms with E-state index in [2.05, 4.69) is 20.7 Å². The first-order chi connectivity index (χ1) is 17.9. The number of nitrogens with two attached hydrogens (primary N) is 1. The predicted octanol–water partition coefficient (Wildman–Crippen LogP) is -0.638. The van der Waals surface area contributed by atoms with Gasteiger partial charge in [0, 0.05) is 6.54 Å². The lowest BCUT2D eigenvalue weighted by molar-refractivity contribution is -0.192. The van der Waals surface area contributed by atoms with E-state index in [0.29, 0.717) is 19.4 Å². The van der Waals surface area contributed by atoms with Crippen LogP contribution in [0.25, 0.3) is 0 Å². The van der Waals surface area contributed by atoms with E-state index in [-0.39, 0.29) is 18.5 Å². The monoisotopic (exact) mass is 574 g/mol. The molecule has 19 heteroatoms. The van der Waals surface area contributed by atoms with Crippen LogP contribution in [0, 0.1) is 11.3 Å². The van der Waals surface area contributed by atoms with Crippen LogP contribution in [0.2, 0.25) is 0 Å². The van der Waals surface area contributed by atoms with Crippen LogP contribution in [0.3, 0.4) is 0 Å². The van der Waals surface area contributed by atoms with Crippen LogP contribution in [0.5, 0.6) is 0 Å². The molecule has 1 heterocycles. The van der Waals surface area contributed by atoms with E-state index in [9.17, 15) is 37.5 Å². The number of likely N-dealkylation sites (tertiary alicyclic amines) is 1. The molecule has 1 saturated heterocycles. The number of carboxylic acids is 1. The highest BCUT2D eigenvalue weighted by Gasteiger charge is 2.38.